The molecule has 0 saturated carbocycles. The lowest BCUT2D eigenvalue weighted by atomic mass is 9.83. The molecule has 8 nitrogen and oxygen atoms in total. The molecular formula is C20H24N2O6. The molecule has 1 aromatic carbocycles. The van der Waals surface area contributed by atoms with Crippen LogP contribution in [0.3, 0.4) is 0 Å². The Bertz CT molecular complexity index is 774. The first kappa shape index (κ1) is 21.1. The number of ether oxygens (including phenoxy) is 2. The van der Waals surface area contributed by atoms with Crippen LogP contribution in [0.2, 0.25) is 0 Å². The molecule has 0 unspecified atom stereocenters. The van der Waals surface area contributed by atoms with Gasteiger partial charge in [0.15, 0.2) is 0 Å². The van der Waals surface area contributed by atoms with Crippen LogP contribution in [0.4, 0.5) is 5.69 Å². The van der Waals surface area contributed by atoms with Gasteiger partial charge in [0, 0.05) is 30.6 Å². The maximum Gasteiger partial charge on any atom is 0.336 e. The smallest absolute Gasteiger partial charge is 0.336 e. The molecule has 0 aromatic heterocycles. The van der Waals surface area contributed by atoms with Crippen molar-refractivity contribution in [2.75, 3.05) is 13.2 Å². The summed E-state index contributed by atoms with van der Waals surface area (Å²) in [6.45, 7) is 7.61. The molecule has 2 rings (SSSR count). The zero-order chi connectivity index (χ0) is 20.8. The lowest BCUT2D eigenvalue weighted by Gasteiger charge is -2.32. The molecule has 0 radical (unpaired) electrons. The Hall–Kier alpha value is -3.16. The molecule has 0 spiro atoms. The minimum absolute atomic E-state index is 0.00772. The van der Waals surface area contributed by atoms with Gasteiger partial charge in [0.2, 0.25) is 0 Å². The average Bonchev–Trinajstić information content (AvgIpc) is 2.67. The zero-order valence-electron chi connectivity index (χ0n) is 16.4. The summed E-state index contributed by atoms with van der Waals surface area (Å²) >= 11 is 0. The van der Waals surface area contributed by atoms with Crippen molar-refractivity contribution in [3.63, 3.8) is 0 Å². The fourth-order valence-electron chi connectivity index (χ4n) is 2.89. The fourth-order valence-corrected chi connectivity index (χ4v) is 2.89. The van der Waals surface area contributed by atoms with Gasteiger partial charge in [-0.2, -0.15) is 0 Å². The van der Waals surface area contributed by atoms with E-state index in [2.05, 4.69) is 0 Å². The van der Waals surface area contributed by atoms with Crippen LogP contribution in [0, 0.1) is 10.1 Å². The van der Waals surface area contributed by atoms with Gasteiger partial charge in [0.05, 0.1) is 35.2 Å². The van der Waals surface area contributed by atoms with Crippen molar-refractivity contribution in [2.24, 2.45) is 0 Å². The van der Waals surface area contributed by atoms with Crippen molar-refractivity contribution >= 4 is 17.6 Å². The summed E-state index contributed by atoms with van der Waals surface area (Å²) in [5, 5.41) is 10.9. The van der Waals surface area contributed by atoms with Crippen LogP contribution in [0.1, 0.15) is 39.2 Å². The second-order valence-electron chi connectivity index (χ2n) is 6.43. The Balaban J connectivity index is 2.59. The summed E-state index contributed by atoms with van der Waals surface area (Å²) in [6.07, 6.45) is 3.30. The Morgan fingerprint density at radius 1 is 1.04 bits per heavy atom. The fraction of sp³-hybridized carbons (Fsp3) is 0.400. The van der Waals surface area contributed by atoms with Gasteiger partial charge in [-0.05, 0) is 33.3 Å². The predicted molar refractivity (Wildman–Crippen MR) is 102 cm³/mol. The monoisotopic (exact) mass is 388 g/mol. The maximum absolute atomic E-state index is 12.6. The number of non-ortho nitro benzene ring substituents is 1. The molecule has 1 heterocycles. The van der Waals surface area contributed by atoms with Gasteiger partial charge < -0.3 is 14.4 Å². The van der Waals surface area contributed by atoms with Gasteiger partial charge in [-0.25, -0.2) is 9.59 Å². The Morgan fingerprint density at radius 2 is 1.50 bits per heavy atom. The van der Waals surface area contributed by atoms with Crippen LogP contribution >= 0.6 is 0 Å². The molecule has 0 aliphatic carbocycles. The molecular weight excluding hydrogens is 364 g/mol. The number of rotatable bonds is 7. The Labute approximate surface area is 163 Å². The topological polar surface area (TPSA) is 99.0 Å². The number of nitro groups is 1. The summed E-state index contributed by atoms with van der Waals surface area (Å²) in [5.74, 6) is -1.84. The van der Waals surface area contributed by atoms with E-state index in [0.717, 1.165) is 0 Å². The van der Waals surface area contributed by atoms with E-state index in [1.165, 1.54) is 24.3 Å². The van der Waals surface area contributed by atoms with Crippen LogP contribution in [-0.4, -0.2) is 41.0 Å². The molecule has 150 valence electrons. The first-order valence-corrected chi connectivity index (χ1v) is 9.09. The average molecular weight is 388 g/mol. The van der Waals surface area contributed by atoms with Gasteiger partial charge >= 0.3 is 11.9 Å². The number of benzene rings is 1. The van der Waals surface area contributed by atoms with E-state index in [-0.39, 0.29) is 36.1 Å². The summed E-state index contributed by atoms with van der Waals surface area (Å²) in [5.41, 5.74) is 1.03. The molecule has 0 fully saturated rings. The molecule has 1 aromatic rings. The van der Waals surface area contributed by atoms with Gasteiger partial charge in [0.1, 0.15) is 0 Å². The van der Waals surface area contributed by atoms with Crippen LogP contribution in [0.5, 0.6) is 0 Å². The highest BCUT2D eigenvalue weighted by Crippen LogP contribution is 2.38. The van der Waals surface area contributed by atoms with Crippen molar-refractivity contribution < 1.29 is 24.0 Å². The number of carbonyl (C=O) groups excluding carboxylic acids is 2. The molecule has 8 heteroatoms. The minimum atomic E-state index is -0.742. The van der Waals surface area contributed by atoms with Gasteiger partial charge in [-0.1, -0.05) is 12.1 Å². The van der Waals surface area contributed by atoms with Crippen LogP contribution in [0.25, 0.3) is 0 Å². The maximum atomic E-state index is 12.6. The molecule has 0 amide bonds. The molecule has 1 aliphatic heterocycles. The SMILES string of the molecule is CCOC(=O)C1=CN(C(C)C)C=C(C(=O)OCC)C1c1ccc([N+](=O)[O-])cc1. The van der Waals surface area contributed by atoms with Crippen molar-refractivity contribution in [2.45, 2.75) is 39.7 Å². The Morgan fingerprint density at radius 3 is 1.86 bits per heavy atom. The molecule has 0 N–H and O–H groups in total. The van der Waals surface area contributed by atoms with E-state index in [4.69, 9.17) is 9.47 Å². The quantitative estimate of drug-likeness (QED) is 0.401. The molecule has 0 saturated heterocycles. The number of carbonyl (C=O) groups is 2. The summed E-state index contributed by atoms with van der Waals surface area (Å²) < 4.78 is 10.4. The van der Waals surface area contributed by atoms with E-state index in [9.17, 15) is 19.7 Å². The lowest BCUT2D eigenvalue weighted by molar-refractivity contribution is -0.384. The second kappa shape index (κ2) is 9.16. The van der Waals surface area contributed by atoms with Gasteiger partial charge in [-0.3, -0.25) is 10.1 Å². The van der Waals surface area contributed by atoms with Gasteiger partial charge in [0.25, 0.3) is 5.69 Å². The van der Waals surface area contributed by atoms with E-state index >= 15 is 0 Å². The molecule has 28 heavy (non-hydrogen) atoms. The summed E-state index contributed by atoms with van der Waals surface area (Å²) in [6, 6.07) is 5.75. The van der Waals surface area contributed by atoms with E-state index in [0.29, 0.717) is 5.56 Å². The lowest BCUT2D eigenvalue weighted by Crippen LogP contribution is -2.32. The van der Waals surface area contributed by atoms with Crippen molar-refractivity contribution in [1.82, 2.24) is 4.90 Å². The van der Waals surface area contributed by atoms with Crippen molar-refractivity contribution in [3.05, 3.63) is 63.5 Å². The zero-order valence-corrected chi connectivity index (χ0v) is 16.4. The molecule has 0 atom stereocenters. The third-order valence-electron chi connectivity index (χ3n) is 4.25. The molecule has 0 bridgehead atoms. The van der Waals surface area contributed by atoms with Crippen LogP contribution in [-0.2, 0) is 19.1 Å². The number of nitrogens with zero attached hydrogens (tertiary/aromatic N) is 2. The highest BCUT2D eigenvalue weighted by atomic mass is 16.6. The van der Waals surface area contributed by atoms with Crippen molar-refractivity contribution in [3.8, 4) is 0 Å². The highest BCUT2D eigenvalue weighted by Gasteiger charge is 2.36. The first-order valence-electron chi connectivity index (χ1n) is 9.09. The van der Waals surface area contributed by atoms with Gasteiger partial charge in [-0.15, -0.1) is 0 Å². The molecule has 1 aliphatic rings. The first-order chi connectivity index (χ1) is 13.3. The van der Waals surface area contributed by atoms with E-state index in [1.807, 2.05) is 13.8 Å². The van der Waals surface area contributed by atoms with E-state index in [1.54, 1.807) is 31.1 Å². The minimum Gasteiger partial charge on any atom is -0.463 e. The number of hydrogen-bond donors (Lipinski definition) is 0. The number of esters is 2. The number of hydrogen-bond acceptors (Lipinski definition) is 7. The largest absolute Gasteiger partial charge is 0.463 e. The van der Waals surface area contributed by atoms with Crippen LogP contribution in [0.15, 0.2) is 47.8 Å². The van der Waals surface area contributed by atoms with E-state index < -0.39 is 22.8 Å². The summed E-state index contributed by atoms with van der Waals surface area (Å²) in [7, 11) is 0. The highest BCUT2D eigenvalue weighted by molar-refractivity contribution is 5.98. The van der Waals surface area contributed by atoms with Crippen LogP contribution < -0.4 is 0 Å². The normalized spacial score (nSPS) is 14.4. The third kappa shape index (κ3) is 4.57. The van der Waals surface area contributed by atoms with Crippen molar-refractivity contribution in [1.29, 1.82) is 0 Å². The number of nitro benzene ring substituents is 1. The third-order valence-corrected chi connectivity index (χ3v) is 4.25. The predicted octanol–water partition coefficient (Wildman–Crippen LogP) is 3.30. The standard InChI is InChI=1S/C20H24N2O6/c1-5-27-19(23)16-11-21(13(3)4)12-17(20(24)28-6-2)18(16)14-7-9-15(10-8-14)22(25)26/h7-13,18H,5-6H2,1-4H3. The summed E-state index contributed by atoms with van der Waals surface area (Å²) in [4.78, 5) is 37.5. The second-order valence-corrected chi connectivity index (χ2v) is 6.43. The Kier molecular flexibility index (Phi) is 6.92.